The Morgan fingerprint density at radius 1 is 1.00 bits per heavy atom. The molecule has 2 N–H and O–H groups in total. The highest BCUT2D eigenvalue weighted by atomic mass is 16.1. The molecule has 174 valence electrons. The van der Waals surface area contributed by atoms with Crippen molar-refractivity contribution in [2.24, 2.45) is 0 Å². The fourth-order valence-electron chi connectivity index (χ4n) is 4.36. The summed E-state index contributed by atoms with van der Waals surface area (Å²) in [5.41, 5.74) is 4.71. The van der Waals surface area contributed by atoms with Crippen molar-refractivity contribution < 1.29 is 4.79 Å². The molecule has 3 aromatic rings. The van der Waals surface area contributed by atoms with Crippen molar-refractivity contribution in [2.75, 3.05) is 24.3 Å². The van der Waals surface area contributed by atoms with Crippen LogP contribution in [0.4, 0.5) is 11.4 Å². The second-order valence-electron chi connectivity index (χ2n) is 10.3. The van der Waals surface area contributed by atoms with Gasteiger partial charge in [-0.2, -0.15) is 0 Å². The fraction of sp³-hybridized carbons (Fsp3) is 0.444. The Hall–Kier alpha value is -3.15. The SMILES string of the molecule is CN(C)c1ccnc(C(=O)NC2CCC(Nc3cc(C(C)(C)C)nc4ccccc34)CC2)c1. The first-order valence-corrected chi connectivity index (χ1v) is 11.8. The van der Waals surface area contributed by atoms with E-state index in [0.717, 1.165) is 53.7 Å². The minimum atomic E-state index is -0.0925. The van der Waals surface area contributed by atoms with Gasteiger partial charge >= 0.3 is 0 Å². The lowest BCUT2D eigenvalue weighted by molar-refractivity contribution is 0.0921. The average molecular weight is 446 g/mol. The molecule has 0 atom stereocenters. The van der Waals surface area contributed by atoms with Crippen LogP contribution in [-0.4, -0.2) is 42.1 Å². The van der Waals surface area contributed by atoms with Crippen LogP contribution >= 0.6 is 0 Å². The van der Waals surface area contributed by atoms with Crippen LogP contribution in [0.1, 0.15) is 62.6 Å². The highest BCUT2D eigenvalue weighted by molar-refractivity contribution is 5.93. The Morgan fingerprint density at radius 2 is 1.70 bits per heavy atom. The van der Waals surface area contributed by atoms with E-state index in [1.165, 1.54) is 0 Å². The maximum absolute atomic E-state index is 12.7. The van der Waals surface area contributed by atoms with Gasteiger partial charge in [0.25, 0.3) is 5.91 Å². The number of hydrogen-bond acceptors (Lipinski definition) is 5. The maximum atomic E-state index is 12.7. The zero-order chi connectivity index (χ0) is 23.6. The average Bonchev–Trinajstić information content (AvgIpc) is 2.79. The summed E-state index contributed by atoms with van der Waals surface area (Å²) in [6, 6.07) is 14.8. The van der Waals surface area contributed by atoms with Crippen molar-refractivity contribution in [3.05, 3.63) is 60.0 Å². The number of benzene rings is 1. The van der Waals surface area contributed by atoms with Gasteiger partial charge in [-0.3, -0.25) is 14.8 Å². The van der Waals surface area contributed by atoms with Gasteiger partial charge in [0.2, 0.25) is 0 Å². The monoisotopic (exact) mass is 445 g/mol. The van der Waals surface area contributed by atoms with Crippen molar-refractivity contribution in [3.8, 4) is 0 Å². The maximum Gasteiger partial charge on any atom is 0.270 e. The summed E-state index contributed by atoms with van der Waals surface area (Å²) in [5.74, 6) is -0.0925. The number of para-hydroxylation sites is 1. The molecule has 0 bridgehead atoms. The Bertz CT molecular complexity index is 1130. The van der Waals surface area contributed by atoms with E-state index in [4.69, 9.17) is 4.98 Å². The normalized spacial score (nSPS) is 18.7. The predicted molar refractivity (Wildman–Crippen MR) is 136 cm³/mol. The number of nitrogens with one attached hydrogen (secondary N) is 2. The molecule has 1 aliphatic rings. The van der Waals surface area contributed by atoms with Gasteiger partial charge in [0.1, 0.15) is 5.69 Å². The lowest BCUT2D eigenvalue weighted by Gasteiger charge is -2.31. The minimum absolute atomic E-state index is 0.0136. The molecule has 0 aliphatic heterocycles. The second kappa shape index (κ2) is 9.38. The van der Waals surface area contributed by atoms with Gasteiger partial charge in [0, 0.05) is 60.2 Å². The number of aromatic nitrogens is 2. The zero-order valence-corrected chi connectivity index (χ0v) is 20.4. The topological polar surface area (TPSA) is 70.2 Å². The van der Waals surface area contributed by atoms with Gasteiger partial charge in [-0.25, -0.2) is 0 Å². The molecular weight excluding hydrogens is 410 g/mol. The van der Waals surface area contributed by atoms with Crippen molar-refractivity contribution in [2.45, 2.75) is 64.0 Å². The van der Waals surface area contributed by atoms with Crippen LogP contribution in [0.3, 0.4) is 0 Å². The molecule has 1 amide bonds. The van der Waals surface area contributed by atoms with E-state index in [9.17, 15) is 4.79 Å². The molecular formula is C27H35N5O. The van der Waals surface area contributed by atoms with E-state index in [1.54, 1.807) is 6.20 Å². The van der Waals surface area contributed by atoms with Crippen LogP contribution < -0.4 is 15.5 Å². The highest BCUT2D eigenvalue weighted by Gasteiger charge is 2.25. The molecule has 1 aliphatic carbocycles. The quantitative estimate of drug-likeness (QED) is 0.569. The minimum Gasteiger partial charge on any atom is -0.382 e. The highest BCUT2D eigenvalue weighted by Crippen LogP contribution is 2.31. The Kier molecular flexibility index (Phi) is 6.54. The van der Waals surface area contributed by atoms with Crippen LogP contribution in [0.25, 0.3) is 10.9 Å². The van der Waals surface area contributed by atoms with Gasteiger partial charge in [0.05, 0.1) is 5.52 Å². The molecule has 0 saturated heterocycles. The molecule has 0 spiro atoms. The standard InChI is InChI=1S/C27H35N5O/c1-27(2,3)25-17-23(21-8-6-7-9-22(21)31-25)29-18-10-12-19(13-11-18)30-26(33)24-16-20(32(4)5)14-15-28-24/h6-9,14-19H,10-13H2,1-5H3,(H,29,31)(H,30,33). The van der Waals surface area contributed by atoms with E-state index in [0.29, 0.717) is 11.7 Å². The van der Waals surface area contributed by atoms with E-state index in [1.807, 2.05) is 37.2 Å². The number of carbonyl (C=O) groups is 1. The summed E-state index contributed by atoms with van der Waals surface area (Å²) in [4.78, 5) is 23.9. The van der Waals surface area contributed by atoms with Crippen molar-refractivity contribution >= 4 is 28.2 Å². The first-order chi connectivity index (χ1) is 15.7. The number of anilines is 2. The third kappa shape index (κ3) is 5.44. The van der Waals surface area contributed by atoms with Gasteiger partial charge in [-0.05, 0) is 49.9 Å². The number of rotatable bonds is 5. The fourth-order valence-corrected chi connectivity index (χ4v) is 4.36. The van der Waals surface area contributed by atoms with Crippen molar-refractivity contribution in [1.82, 2.24) is 15.3 Å². The summed E-state index contributed by atoms with van der Waals surface area (Å²) < 4.78 is 0. The molecule has 1 saturated carbocycles. The summed E-state index contributed by atoms with van der Waals surface area (Å²) in [5, 5.41) is 8.14. The van der Waals surface area contributed by atoms with Gasteiger partial charge in [0.15, 0.2) is 0 Å². The Balaban J connectivity index is 1.40. The summed E-state index contributed by atoms with van der Waals surface area (Å²) >= 11 is 0. The third-order valence-electron chi connectivity index (χ3n) is 6.40. The van der Waals surface area contributed by atoms with Crippen LogP contribution in [0, 0.1) is 0 Å². The van der Waals surface area contributed by atoms with Crippen molar-refractivity contribution in [1.29, 1.82) is 0 Å². The predicted octanol–water partition coefficient (Wildman–Crippen LogP) is 5.15. The molecule has 2 heterocycles. The molecule has 1 aromatic carbocycles. The lowest BCUT2D eigenvalue weighted by atomic mass is 9.89. The molecule has 1 fully saturated rings. The van der Waals surface area contributed by atoms with Crippen molar-refractivity contribution in [3.63, 3.8) is 0 Å². The van der Waals surface area contributed by atoms with Gasteiger partial charge in [-0.15, -0.1) is 0 Å². The smallest absolute Gasteiger partial charge is 0.270 e. The zero-order valence-electron chi connectivity index (χ0n) is 20.4. The Labute approximate surface area is 196 Å². The van der Waals surface area contributed by atoms with E-state index in [2.05, 4.69) is 60.7 Å². The van der Waals surface area contributed by atoms with Gasteiger partial charge < -0.3 is 15.5 Å². The molecule has 2 aromatic heterocycles. The largest absolute Gasteiger partial charge is 0.382 e. The number of hydrogen-bond donors (Lipinski definition) is 2. The van der Waals surface area contributed by atoms with Crippen LogP contribution in [0.15, 0.2) is 48.7 Å². The van der Waals surface area contributed by atoms with Crippen LogP contribution in [0.2, 0.25) is 0 Å². The molecule has 33 heavy (non-hydrogen) atoms. The molecule has 0 unspecified atom stereocenters. The second-order valence-corrected chi connectivity index (χ2v) is 10.3. The molecule has 6 heteroatoms. The van der Waals surface area contributed by atoms with E-state index < -0.39 is 0 Å². The van der Waals surface area contributed by atoms with Crippen LogP contribution in [-0.2, 0) is 5.41 Å². The first kappa shape index (κ1) is 23.0. The van der Waals surface area contributed by atoms with Gasteiger partial charge in [-0.1, -0.05) is 39.0 Å². The first-order valence-electron chi connectivity index (χ1n) is 11.8. The number of nitrogens with zero attached hydrogens (tertiary/aromatic N) is 3. The van der Waals surface area contributed by atoms with Crippen LogP contribution in [0.5, 0.6) is 0 Å². The van der Waals surface area contributed by atoms with E-state index in [-0.39, 0.29) is 17.4 Å². The summed E-state index contributed by atoms with van der Waals surface area (Å²) in [7, 11) is 3.92. The number of carbonyl (C=O) groups excluding carboxylic acids is 1. The summed E-state index contributed by atoms with van der Waals surface area (Å²) in [6.07, 6.45) is 5.61. The number of fused-ring (bicyclic) bond motifs is 1. The number of amides is 1. The molecule has 6 nitrogen and oxygen atoms in total. The Morgan fingerprint density at radius 3 is 2.39 bits per heavy atom. The molecule has 4 rings (SSSR count). The molecule has 0 radical (unpaired) electrons. The lowest BCUT2D eigenvalue weighted by Crippen LogP contribution is -2.40. The third-order valence-corrected chi connectivity index (χ3v) is 6.40. The number of pyridine rings is 2. The summed E-state index contributed by atoms with van der Waals surface area (Å²) in [6.45, 7) is 6.60. The van der Waals surface area contributed by atoms with E-state index >= 15 is 0 Å².